The summed E-state index contributed by atoms with van der Waals surface area (Å²) in [6, 6.07) is 7.46. The van der Waals surface area contributed by atoms with Crippen LogP contribution in [0.15, 0.2) is 28.7 Å². The molecule has 0 aliphatic heterocycles. The summed E-state index contributed by atoms with van der Waals surface area (Å²) in [4.78, 5) is 2.61. The molecule has 1 N–H and O–H groups in total. The van der Waals surface area contributed by atoms with Crippen LogP contribution in [0, 0.1) is 19.7 Å². The molecule has 0 aliphatic carbocycles. The maximum Gasteiger partial charge on any atom is 0.139 e. The Labute approximate surface area is 119 Å². The molecule has 0 saturated carbocycles. The fraction of sp³-hybridized carbons (Fsp3) is 0.286. The number of benzene rings is 1. The summed E-state index contributed by atoms with van der Waals surface area (Å²) in [7, 11) is 0. The Hall–Kier alpha value is -0.870. The van der Waals surface area contributed by atoms with Gasteiger partial charge in [-0.15, -0.1) is 11.3 Å². The minimum absolute atomic E-state index is 0.176. The quantitative estimate of drug-likeness (QED) is 0.791. The van der Waals surface area contributed by atoms with E-state index < -0.39 is 0 Å². The van der Waals surface area contributed by atoms with Gasteiger partial charge in [-0.25, -0.2) is 4.39 Å². The lowest BCUT2D eigenvalue weighted by atomic mass is 10.1. The van der Waals surface area contributed by atoms with Crippen molar-refractivity contribution in [2.75, 3.05) is 5.32 Å². The number of aryl methyl sites for hydroxylation is 2. The van der Waals surface area contributed by atoms with Gasteiger partial charge in [0.05, 0.1) is 4.47 Å². The second-order valence-corrected chi connectivity index (χ2v) is 6.68. The molecule has 4 heteroatoms. The standard InChI is InChI=1S/C14H15BrFNS/c1-8-6-12(10(3)18-8)9(2)17-11-4-5-13(15)14(16)7-11/h4-7,9,17H,1-3H3. The van der Waals surface area contributed by atoms with E-state index in [1.165, 1.54) is 21.4 Å². The first-order valence-electron chi connectivity index (χ1n) is 5.76. The van der Waals surface area contributed by atoms with E-state index in [0.717, 1.165) is 5.69 Å². The Bertz CT molecular complexity index is 565. The minimum Gasteiger partial charge on any atom is -0.378 e. The maximum absolute atomic E-state index is 13.4. The highest BCUT2D eigenvalue weighted by molar-refractivity contribution is 9.10. The van der Waals surface area contributed by atoms with E-state index in [-0.39, 0.29) is 11.9 Å². The molecular formula is C14H15BrFNS. The molecule has 2 rings (SSSR count). The number of rotatable bonds is 3. The Kier molecular flexibility index (Phi) is 4.07. The molecule has 1 atom stereocenters. The first kappa shape index (κ1) is 13.6. The fourth-order valence-electron chi connectivity index (χ4n) is 1.99. The number of halogens is 2. The molecule has 0 spiro atoms. The van der Waals surface area contributed by atoms with Crippen molar-refractivity contribution in [3.63, 3.8) is 0 Å². The number of nitrogens with one attached hydrogen (secondary N) is 1. The number of hydrogen-bond acceptors (Lipinski definition) is 2. The van der Waals surface area contributed by atoms with Crippen LogP contribution in [-0.2, 0) is 0 Å². The number of anilines is 1. The molecule has 1 heterocycles. The monoisotopic (exact) mass is 327 g/mol. The summed E-state index contributed by atoms with van der Waals surface area (Å²) < 4.78 is 13.9. The van der Waals surface area contributed by atoms with Crippen LogP contribution in [0.2, 0.25) is 0 Å². The molecule has 0 saturated heterocycles. The average Bonchev–Trinajstić information content (AvgIpc) is 2.63. The smallest absolute Gasteiger partial charge is 0.139 e. The van der Waals surface area contributed by atoms with E-state index in [1.807, 2.05) is 6.07 Å². The summed E-state index contributed by atoms with van der Waals surface area (Å²) in [5.74, 6) is -0.245. The van der Waals surface area contributed by atoms with E-state index in [9.17, 15) is 4.39 Å². The Morgan fingerprint density at radius 2 is 2.00 bits per heavy atom. The van der Waals surface area contributed by atoms with Crippen molar-refractivity contribution in [2.45, 2.75) is 26.8 Å². The van der Waals surface area contributed by atoms with Crippen LogP contribution in [0.5, 0.6) is 0 Å². The van der Waals surface area contributed by atoms with Crippen molar-refractivity contribution in [2.24, 2.45) is 0 Å². The van der Waals surface area contributed by atoms with E-state index in [2.05, 4.69) is 48.1 Å². The highest BCUT2D eigenvalue weighted by Crippen LogP contribution is 2.29. The van der Waals surface area contributed by atoms with Crippen LogP contribution in [0.25, 0.3) is 0 Å². The zero-order chi connectivity index (χ0) is 13.3. The Morgan fingerprint density at radius 1 is 1.28 bits per heavy atom. The summed E-state index contributed by atoms with van der Waals surface area (Å²) in [6.07, 6.45) is 0. The maximum atomic E-state index is 13.4. The number of thiophene rings is 1. The first-order valence-corrected chi connectivity index (χ1v) is 7.37. The van der Waals surface area contributed by atoms with Gasteiger partial charge in [0.15, 0.2) is 0 Å². The molecule has 0 bridgehead atoms. The lowest BCUT2D eigenvalue weighted by Gasteiger charge is -2.15. The van der Waals surface area contributed by atoms with Crippen LogP contribution >= 0.6 is 27.3 Å². The molecule has 18 heavy (non-hydrogen) atoms. The van der Waals surface area contributed by atoms with Crippen molar-refractivity contribution >= 4 is 33.0 Å². The molecule has 0 aliphatic rings. The molecule has 0 fully saturated rings. The fourth-order valence-corrected chi connectivity index (χ4v) is 3.26. The summed E-state index contributed by atoms with van der Waals surface area (Å²) in [5, 5.41) is 3.33. The van der Waals surface area contributed by atoms with Crippen molar-refractivity contribution in [3.8, 4) is 0 Å². The Balaban J connectivity index is 2.18. The third-order valence-electron chi connectivity index (χ3n) is 2.85. The van der Waals surface area contributed by atoms with Gasteiger partial charge in [-0.1, -0.05) is 0 Å². The van der Waals surface area contributed by atoms with Crippen LogP contribution in [-0.4, -0.2) is 0 Å². The molecule has 1 aromatic heterocycles. The van der Waals surface area contributed by atoms with Crippen molar-refractivity contribution in [1.82, 2.24) is 0 Å². The van der Waals surface area contributed by atoms with Gasteiger partial charge in [-0.3, -0.25) is 0 Å². The largest absolute Gasteiger partial charge is 0.378 e. The lowest BCUT2D eigenvalue weighted by Crippen LogP contribution is -2.06. The van der Waals surface area contributed by atoms with Gasteiger partial charge in [0.1, 0.15) is 5.82 Å². The molecule has 1 aromatic carbocycles. The molecular weight excluding hydrogens is 313 g/mol. The SMILES string of the molecule is Cc1cc(C(C)Nc2ccc(Br)c(F)c2)c(C)s1. The van der Waals surface area contributed by atoms with Crippen LogP contribution in [0.1, 0.15) is 28.3 Å². The van der Waals surface area contributed by atoms with Gasteiger partial charge in [0.25, 0.3) is 0 Å². The minimum atomic E-state index is -0.245. The third kappa shape index (κ3) is 2.93. The summed E-state index contributed by atoms with van der Waals surface area (Å²) in [6.45, 7) is 6.31. The van der Waals surface area contributed by atoms with E-state index in [0.29, 0.717) is 4.47 Å². The molecule has 0 amide bonds. The first-order chi connectivity index (χ1) is 8.47. The zero-order valence-electron chi connectivity index (χ0n) is 10.6. The van der Waals surface area contributed by atoms with E-state index in [1.54, 1.807) is 17.4 Å². The topological polar surface area (TPSA) is 12.0 Å². The van der Waals surface area contributed by atoms with Crippen molar-refractivity contribution < 1.29 is 4.39 Å². The van der Waals surface area contributed by atoms with E-state index in [4.69, 9.17) is 0 Å². The zero-order valence-corrected chi connectivity index (χ0v) is 13.0. The number of hydrogen-bond donors (Lipinski definition) is 1. The van der Waals surface area contributed by atoms with Crippen molar-refractivity contribution in [1.29, 1.82) is 0 Å². The van der Waals surface area contributed by atoms with E-state index >= 15 is 0 Å². The molecule has 0 radical (unpaired) electrons. The average molecular weight is 328 g/mol. The van der Waals surface area contributed by atoms with Crippen LogP contribution in [0.4, 0.5) is 10.1 Å². The highest BCUT2D eigenvalue weighted by atomic mass is 79.9. The van der Waals surface area contributed by atoms with Gasteiger partial charge < -0.3 is 5.32 Å². The van der Waals surface area contributed by atoms with Crippen LogP contribution in [0.3, 0.4) is 0 Å². The van der Waals surface area contributed by atoms with Gasteiger partial charge in [0.2, 0.25) is 0 Å². The van der Waals surface area contributed by atoms with Gasteiger partial charge in [0, 0.05) is 21.5 Å². The normalized spacial score (nSPS) is 12.5. The second-order valence-electron chi connectivity index (χ2n) is 4.36. The highest BCUT2D eigenvalue weighted by Gasteiger charge is 2.11. The second kappa shape index (κ2) is 5.41. The van der Waals surface area contributed by atoms with Gasteiger partial charge in [-0.2, -0.15) is 0 Å². The summed E-state index contributed by atoms with van der Waals surface area (Å²) in [5.41, 5.74) is 2.08. The summed E-state index contributed by atoms with van der Waals surface area (Å²) >= 11 is 4.95. The third-order valence-corrected chi connectivity index (χ3v) is 4.47. The molecule has 96 valence electrons. The molecule has 1 nitrogen and oxygen atoms in total. The lowest BCUT2D eigenvalue weighted by molar-refractivity contribution is 0.621. The van der Waals surface area contributed by atoms with Crippen LogP contribution < -0.4 is 5.32 Å². The predicted octanol–water partition coefficient (Wildman–Crippen LogP) is 5.44. The van der Waals surface area contributed by atoms with Crippen molar-refractivity contribution in [3.05, 3.63) is 49.9 Å². The van der Waals surface area contributed by atoms with Gasteiger partial charge in [-0.05, 0) is 66.5 Å². The van der Waals surface area contributed by atoms with Gasteiger partial charge >= 0.3 is 0 Å². The predicted molar refractivity (Wildman–Crippen MR) is 79.9 cm³/mol. The Morgan fingerprint density at radius 3 is 2.56 bits per heavy atom. The molecule has 2 aromatic rings. The molecule has 1 unspecified atom stereocenters.